The Morgan fingerprint density at radius 2 is 1.56 bits per heavy atom. The average Bonchev–Trinajstić information content (AvgIpc) is 3.41. The second-order valence-electron chi connectivity index (χ2n) is 5.90. The van der Waals surface area contributed by atoms with Crippen LogP contribution in [0.25, 0.3) is 11.1 Å². The quantitative estimate of drug-likeness (QED) is 0.478. The van der Waals surface area contributed by atoms with Gasteiger partial charge in [-0.15, -0.1) is 34.0 Å². The van der Waals surface area contributed by atoms with Gasteiger partial charge >= 0.3 is 0 Å². The Labute approximate surface area is 157 Å². The Morgan fingerprint density at radius 3 is 2.32 bits per heavy atom. The summed E-state index contributed by atoms with van der Waals surface area (Å²) in [6.07, 6.45) is 0. The Morgan fingerprint density at radius 1 is 0.800 bits per heavy atom. The minimum Gasteiger partial charge on any atom is -0.371 e. The lowest BCUT2D eigenvalue weighted by Crippen LogP contribution is -2.38. The molecule has 0 spiro atoms. The summed E-state index contributed by atoms with van der Waals surface area (Å²) in [6, 6.07) is 17.3. The van der Waals surface area contributed by atoms with Gasteiger partial charge in [-0.3, -0.25) is 0 Å². The zero-order valence-corrected chi connectivity index (χ0v) is 16.3. The van der Waals surface area contributed by atoms with Crippen molar-refractivity contribution >= 4 is 51.1 Å². The van der Waals surface area contributed by atoms with Crippen LogP contribution in [0.15, 0.2) is 70.7 Å². The van der Waals surface area contributed by atoms with Gasteiger partial charge in [0.25, 0.3) is 0 Å². The molecule has 1 N–H and O–H groups in total. The molecule has 0 bridgehead atoms. The molecule has 0 fully saturated rings. The number of hydrogen-bond acceptors (Lipinski definition) is 5. The predicted octanol–water partition coefficient (Wildman–Crippen LogP) is 5.06. The Kier molecular flexibility index (Phi) is 3.46. The largest absolute Gasteiger partial charge is 0.371 e. The number of thiophene rings is 3. The third-order valence-electron chi connectivity index (χ3n) is 4.64. The summed E-state index contributed by atoms with van der Waals surface area (Å²) in [5.74, 6) is 0. The van der Waals surface area contributed by atoms with E-state index in [4.69, 9.17) is 0 Å². The summed E-state index contributed by atoms with van der Waals surface area (Å²) >= 11 is 4.42. The second kappa shape index (κ2) is 5.50. The summed E-state index contributed by atoms with van der Waals surface area (Å²) in [6.45, 7) is 0. The van der Waals surface area contributed by atoms with E-state index in [1.807, 2.05) is 70.7 Å². The van der Waals surface area contributed by atoms with Crippen molar-refractivity contribution in [3.05, 3.63) is 80.5 Å². The minimum absolute atomic E-state index is 0.702. The maximum atomic E-state index is 14.7. The highest BCUT2D eigenvalue weighted by Gasteiger charge is 2.58. The van der Waals surface area contributed by atoms with Gasteiger partial charge in [0, 0.05) is 21.3 Å². The highest BCUT2D eigenvalue weighted by molar-refractivity contribution is 7.84. The Balaban J connectivity index is 1.95. The van der Waals surface area contributed by atoms with Crippen LogP contribution in [0.2, 0.25) is 0 Å². The molecule has 0 amide bonds. The lowest BCUT2D eigenvalue weighted by molar-refractivity contribution is 0.176. The standard InChI is InChI=1S/C19H13O2PS3/c20-19(16-7-4-10-23-16)17-14(8-11-24-17)15-9-12-25-18(15)22(19,21)13-5-2-1-3-6-13/h1-12,20H/t19-,22+/m0/s1. The molecule has 1 aromatic carbocycles. The first kappa shape index (κ1) is 15.7. The maximum Gasteiger partial charge on any atom is 0.195 e. The number of rotatable bonds is 2. The van der Waals surface area contributed by atoms with E-state index >= 15 is 0 Å². The van der Waals surface area contributed by atoms with Crippen molar-refractivity contribution in [2.75, 3.05) is 0 Å². The molecule has 0 unspecified atom stereocenters. The van der Waals surface area contributed by atoms with Crippen molar-refractivity contribution in [3.8, 4) is 11.1 Å². The van der Waals surface area contributed by atoms with Crippen molar-refractivity contribution in [2.45, 2.75) is 5.34 Å². The third kappa shape index (κ3) is 1.90. The number of hydrogen-bond donors (Lipinski definition) is 1. The highest BCUT2D eigenvalue weighted by Crippen LogP contribution is 2.70. The minimum atomic E-state index is -3.32. The van der Waals surface area contributed by atoms with E-state index in [2.05, 4.69) is 0 Å². The molecule has 25 heavy (non-hydrogen) atoms. The van der Waals surface area contributed by atoms with Crippen LogP contribution >= 0.6 is 41.2 Å². The smallest absolute Gasteiger partial charge is 0.195 e. The Bertz CT molecular complexity index is 1090. The molecule has 4 heterocycles. The molecule has 0 aliphatic carbocycles. The van der Waals surface area contributed by atoms with Gasteiger partial charge in [-0.1, -0.05) is 36.4 Å². The normalized spacial score (nSPS) is 24.7. The lowest BCUT2D eigenvalue weighted by Gasteiger charge is -2.39. The molecular weight excluding hydrogens is 387 g/mol. The summed E-state index contributed by atoms with van der Waals surface area (Å²) in [4.78, 5) is 1.52. The van der Waals surface area contributed by atoms with E-state index in [0.717, 1.165) is 25.5 Å². The first-order valence-electron chi connectivity index (χ1n) is 7.76. The molecule has 1 aliphatic heterocycles. The predicted molar refractivity (Wildman–Crippen MR) is 108 cm³/mol. The van der Waals surface area contributed by atoms with E-state index in [9.17, 15) is 9.67 Å². The van der Waals surface area contributed by atoms with Gasteiger partial charge in [-0.25, -0.2) is 0 Å². The van der Waals surface area contributed by atoms with E-state index in [0.29, 0.717) is 5.30 Å². The van der Waals surface area contributed by atoms with Crippen LogP contribution in [0.4, 0.5) is 0 Å². The topological polar surface area (TPSA) is 37.3 Å². The second-order valence-corrected chi connectivity index (χ2v) is 11.8. The van der Waals surface area contributed by atoms with Crippen LogP contribution in [-0.4, -0.2) is 5.11 Å². The van der Waals surface area contributed by atoms with Crippen molar-refractivity contribution in [3.63, 3.8) is 0 Å². The van der Waals surface area contributed by atoms with Crippen molar-refractivity contribution in [2.24, 2.45) is 0 Å². The molecule has 0 radical (unpaired) electrons. The monoisotopic (exact) mass is 400 g/mol. The molecule has 1 aliphatic rings. The van der Waals surface area contributed by atoms with Gasteiger partial charge in [0.2, 0.25) is 0 Å². The summed E-state index contributed by atoms with van der Waals surface area (Å²) in [7, 11) is -3.32. The van der Waals surface area contributed by atoms with E-state index in [1.54, 1.807) is 0 Å². The molecule has 0 saturated carbocycles. The average molecular weight is 400 g/mol. The molecular formula is C19H13O2PS3. The van der Waals surface area contributed by atoms with E-state index in [1.165, 1.54) is 34.0 Å². The molecule has 5 rings (SSSR count). The van der Waals surface area contributed by atoms with E-state index in [-0.39, 0.29) is 0 Å². The molecule has 4 aromatic rings. The number of benzene rings is 1. The molecule has 2 nitrogen and oxygen atoms in total. The van der Waals surface area contributed by atoms with Crippen LogP contribution in [-0.2, 0) is 9.91 Å². The highest BCUT2D eigenvalue weighted by atomic mass is 32.1. The van der Waals surface area contributed by atoms with Gasteiger partial charge in [-0.05, 0) is 34.3 Å². The fraction of sp³-hybridized carbons (Fsp3) is 0.0526. The lowest BCUT2D eigenvalue weighted by atomic mass is 10.1. The zero-order valence-electron chi connectivity index (χ0n) is 13.0. The van der Waals surface area contributed by atoms with Crippen LogP contribution in [0.5, 0.6) is 0 Å². The zero-order chi connectivity index (χ0) is 17.1. The fourth-order valence-electron chi connectivity index (χ4n) is 3.52. The molecule has 6 heteroatoms. The van der Waals surface area contributed by atoms with Gasteiger partial charge in [0.15, 0.2) is 12.5 Å². The summed E-state index contributed by atoms with van der Waals surface area (Å²) < 4.78 is 15.5. The van der Waals surface area contributed by atoms with Gasteiger partial charge < -0.3 is 9.67 Å². The third-order valence-corrected chi connectivity index (χ3v) is 12.0. The summed E-state index contributed by atoms with van der Waals surface area (Å²) in [5, 5.41) is 17.1. The number of aliphatic hydroxyl groups is 1. The van der Waals surface area contributed by atoms with Crippen molar-refractivity contribution in [1.29, 1.82) is 0 Å². The Hall–Kier alpha value is -1.49. The van der Waals surface area contributed by atoms with Gasteiger partial charge in [-0.2, -0.15) is 0 Å². The van der Waals surface area contributed by atoms with Gasteiger partial charge in [0.1, 0.15) is 0 Å². The van der Waals surface area contributed by atoms with Gasteiger partial charge in [0.05, 0.1) is 9.50 Å². The molecule has 2 atom stereocenters. The van der Waals surface area contributed by atoms with Crippen molar-refractivity contribution in [1.82, 2.24) is 0 Å². The van der Waals surface area contributed by atoms with Crippen LogP contribution in [0, 0.1) is 0 Å². The SMILES string of the molecule is O=[P@]1(c2ccccc2)c2sccc2-c2ccsc2[C@]1(O)c1cccs1. The maximum absolute atomic E-state index is 14.7. The van der Waals surface area contributed by atoms with Crippen LogP contribution in [0.3, 0.4) is 0 Å². The summed E-state index contributed by atoms with van der Waals surface area (Å²) in [5.41, 5.74) is 1.99. The van der Waals surface area contributed by atoms with Crippen molar-refractivity contribution < 1.29 is 9.67 Å². The first-order valence-corrected chi connectivity index (χ1v) is 12.1. The number of fused-ring (bicyclic) bond motifs is 3. The molecule has 124 valence electrons. The molecule has 3 aromatic heterocycles. The fourth-order valence-corrected chi connectivity index (χ4v) is 11.3. The first-order chi connectivity index (χ1) is 12.2. The van der Waals surface area contributed by atoms with Crippen LogP contribution in [0.1, 0.15) is 9.75 Å². The van der Waals surface area contributed by atoms with Crippen LogP contribution < -0.4 is 9.92 Å². The molecule has 0 saturated heterocycles. The van der Waals surface area contributed by atoms with E-state index < -0.39 is 12.5 Å².